The van der Waals surface area contributed by atoms with Gasteiger partial charge in [-0.05, 0) is 18.1 Å². The molecule has 1 aromatic carbocycles. The van der Waals surface area contributed by atoms with Crippen molar-refractivity contribution >= 4 is 27.7 Å². The first-order valence-corrected chi connectivity index (χ1v) is 8.32. The number of hydrazine groups is 1. The number of benzene rings is 1. The maximum absolute atomic E-state index is 11.7. The van der Waals surface area contributed by atoms with Crippen molar-refractivity contribution in [2.24, 2.45) is 5.92 Å². The maximum Gasteiger partial charge on any atom is 0.262 e. The van der Waals surface area contributed by atoms with Crippen molar-refractivity contribution in [3.05, 3.63) is 42.0 Å². The van der Waals surface area contributed by atoms with Crippen LogP contribution in [0.1, 0.15) is 12.0 Å². The van der Waals surface area contributed by atoms with E-state index >= 15 is 0 Å². The number of carbonyl (C=O) groups excluding carboxylic acids is 2. The lowest BCUT2D eigenvalue weighted by Gasteiger charge is -2.09. The van der Waals surface area contributed by atoms with E-state index in [1.807, 2.05) is 30.3 Å². The zero-order valence-electron chi connectivity index (χ0n) is 11.3. The highest BCUT2D eigenvalue weighted by atomic mass is 32.2. The highest BCUT2D eigenvalue weighted by Gasteiger charge is 2.32. The molecule has 1 atom stereocenters. The molecule has 2 rings (SSSR count). The summed E-state index contributed by atoms with van der Waals surface area (Å²) in [5.74, 6) is -1.68. The van der Waals surface area contributed by atoms with E-state index < -0.39 is 27.6 Å². The molecule has 0 radical (unpaired) electrons. The predicted octanol–water partition coefficient (Wildman–Crippen LogP) is 0.282. The number of nitrogens with one attached hydrogen (secondary N) is 2. The van der Waals surface area contributed by atoms with Gasteiger partial charge in [-0.1, -0.05) is 30.3 Å². The number of hydrogen-bond acceptors (Lipinski definition) is 4. The molecule has 0 unspecified atom stereocenters. The maximum atomic E-state index is 11.7. The van der Waals surface area contributed by atoms with E-state index in [1.54, 1.807) is 6.08 Å². The van der Waals surface area contributed by atoms with Gasteiger partial charge in [-0.15, -0.1) is 0 Å². The molecule has 1 aliphatic heterocycles. The lowest BCUT2D eigenvalue weighted by molar-refractivity contribution is -0.129. The summed E-state index contributed by atoms with van der Waals surface area (Å²) in [5, 5.41) is 0. The molecular formula is C14H16N2O4S. The molecular weight excluding hydrogens is 292 g/mol. The largest absolute Gasteiger partial charge is 0.273 e. The summed E-state index contributed by atoms with van der Waals surface area (Å²) in [7, 11) is -3.11. The number of sulfone groups is 1. The molecule has 2 amide bonds. The van der Waals surface area contributed by atoms with Gasteiger partial charge in [0.05, 0.1) is 17.4 Å². The molecule has 0 aliphatic carbocycles. The highest BCUT2D eigenvalue weighted by Crippen LogP contribution is 2.17. The Labute approximate surface area is 123 Å². The lowest BCUT2D eigenvalue weighted by Crippen LogP contribution is -2.44. The SMILES string of the molecule is O=C(/C=C/c1ccccc1)NNC(=O)[C@H]1CCS(=O)(=O)C1. The van der Waals surface area contributed by atoms with Crippen LogP contribution in [-0.2, 0) is 19.4 Å². The van der Waals surface area contributed by atoms with Gasteiger partial charge >= 0.3 is 0 Å². The number of amides is 2. The summed E-state index contributed by atoms with van der Waals surface area (Å²) in [6.45, 7) is 0. The molecule has 1 fully saturated rings. The third-order valence-electron chi connectivity index (χ3n) is 3.14. The van der Waals surface area contributed by atoms with Crippen molar-refractivity contribution in [3.8, 4) is 0 Å². The quantitative estimate of drug-likeness (QED) is 0.620. The fourth-order valence-electron chi connectivity index (χ4n) is 2.00. The van der Waals surface area contributed by atoms with E-state index in [0.29, 0.717) is 6.42 Å². The first-order chi connectivity index (χ1) is 9.96. The molecule has 0 saturated carbocycles. The summed E-state index contributed by atoms with van der Waals surface area (Å²) in [6.07, 6.45) is 3.20. The topological polar surface area (TPSA) is 92.3 Å². The van der Waals surface area contributed by atoms with E-state index in [-0.39, 0.29) is 11.5 Å². The van der Waals surface area contributed by atoms with Gasteiger partial charge in [0, 0.05) is 6.08 Å². The second-order valence-corrected chi connectivity index (χ2v) is 7.05. The molecule has 1 saturated heterocycles. The summed E-state index contributed by atoms with van der Waals surface area (Å²) in [6, 6.07) is 9.24. The van der Waals surface area contributed by atoms with Crippen LogP contribution in [0.3, 0.4) is 0 Å². The summed E-state index contributed by atoms with van der Waals surface area (Å²) >= 11 is 0. The zero-order chi connectivity index (χ0) is 15.3. The van der Waals surface area contributed by atoms with Crippen LogP contribution in [0.2, 0.25) is 0 Å². The monoisotopic (exact) mass is 308 g/mol. The van der Waals surface area contributed by atoms with Crippen LogP contribution in [0, 0.1) is 5.92 Å². The van der Waals surface area contributed by atoms with E-state index in [4.69, 9.17) is 0 Å². The molecule has 1 heterocycles. The average molecular weight is 308 g/mol. The Bertz CT molecular complexity index is 653. The minimum atomic E-state index is -3.11. The van der Waals surface area contributed by atoms with Gasteiger partial charge in [-0.3, -0.25) is 20.4 Å². The lowest BCUT2D eigenvalue weighted by atomic mass is 10.1. The van der Waals surface area contributed by atoms with Crippen molar-refractivity contribution in [2.75, 3.05) is 11.5 Å². The summed E-state index contributed by atoms with van der Waals surface area (Å²) < 4.78 is 22.5. The average Bonchev–Trinajstić information content (AvgIpc) is 2.84. The highest BCUT2D eigenvalue weighted by molar-refractivity contribution is 7.91. The molecule has 112 valence electrons. The number of hydrogen-bond donors (Lipinski definition) is 2. The van der Waals surface area contributed by atoms with Crippen LogP contribution in [-0.4, -0.2) is 31.7 Å². The third kappa shape index (κ3) is 4.71. The van der Waals surface area contributed by atoms with Crippen molar-refractivity contribution in [1.82, 2.24) is 10.9 Å². The molecule has 1 aromatic rings. The van der Waals surface area contributed by atoms with Crippen LogP contribution < -0.4 is 10.9 Å². The summed E-state index contributed by atoms with van der Waals surface area (Å²) in [5.41, 5.74) is 5.34. The number of carbonyl (C=O) groups is 2. The molecule has 0 spiro atoms. The van der Waals surface area contributed by atoms with Gasteiger partial charge in [-0.25, -0.2) is 8.42 Å². The van der Waals surface area contributed by atoms with Crippen LogP contribution in [0.25, 0.3) is 6.08 Å². The normalized spacial score (nSPS) is 20.3. The van der Waals surface area contributed by atoms with Gasteiger partial charge in [0.25, 0.3) is 5.91 Å². The van der Waals surface area contributed by atoms with Gasteiger partial charge < -0.3 is 0 Å². The number of rotatable bonds is 3. The van der Waals surface area contributed by atoms with E-state index in [9.17, 15) is 18.0 Å². The second-order valence-electron chi connectivity index (χ2n) is 4.82. The van der Waals surface area contributed by atoms with Crippen LogP contribution >= 0.6 is 0 Å². The van der Waals surface area contributed by atoms with Gasteiger partial charge in [0.2, 0.25) is 5.91 Å². The molecule has 2 N–H and O–H groups in total. The van der Waals surface area contributed by atoms with Crippen molar-refractivity contribution < 1.29 is 18.0 Å². The Balaban J connectivity index is 1.79. The standard InChI is InChI=1S/C14H16N2O4S/c17-13(7-6-11-4-2-1-3-5-11)15-16-14(18)12-8-9-21(19,20)10-12/h1-7,12H,8-10H2,(H,15,17)(H,16,18)/b7-6+/t12-/m0/s1. The van der Waals surface area contributed by atoms with E-state index in [0.717, 1.165) is 5.56 Å². The van der Waals surface area contributed by atoms with E-state index in [2.05, 4.69) is 10.9 Å². The molecule has 0 bridgehead atoms. The first kappa shape index (κ1) is 15.2. The van der Waals surface area contributed by atoms with Crippen LogP contribution in [0.5, 0.6) is 0 Å². The fraction of sp³-hybridized carbons (Fsp3) is 0.286. The van der Waals surface area contributed by atoms with Crippen molar-refractivity contribution in [1.29, 1.82) is 0 Å². The van der Waals surface area contributed by atoms with Crippen LogP contribution in [0.4, 0.5) is 0 Å². The molecule has 1 aliphatic rings. The van der Waals surface area contributed by atoms with Crippen molar-refractivity contribution in [3.63, 3.8) is 0 Å². The molecule has 0 aromatic heterocycles. The first-order valence-electron chi connectivity index (χ1n) is 6.50. The van der Waals surface area contributed by atoms with Gasteiger partial charge in [0.1, 0.15) is 0 Å². The Morgan fingerprint density at radius 1 is 1.14 bits per heavy atom. The van der Waals surface area contributed by atoms with Gasteiger partial charge in [-0.2, -0.15) is 0 Å². The molecule has 6 nitrogen and oxygen atoms in total. The molecule has 7 heteroatoms. The van der Waals surface area contributed by atoms with Crippen molar-refractivity contribution in [2.45, 2.75) is 6.42 Å². The van der Waals surface area contributed by atoms with Crippen LogP contribution in [0.15, 0.2) is 36.4 Å². The smallest absolute Gasteiger partial charge is 0.262 e. The Kier molecular flexibility index (Phi) is 4.74. The Morgan fingerprint density at radius 3 is 2.48 bits per heavy atom. The minimum Gasteiger partial charge on any atom is -0.273 e. The second kappa shape index (κ2) is 6.53. The fourth-order valence-corrected chi connectivity index (χ4v) is 3.75. The van der Waals surface area contributed by atoms with E-state index in [1.165, 1.54) is 6.08 Å². The third-order valence-corrected chi connectivity index (χ3v) is 4.91. The Hall–Kier alpha value is -2.15. The Morgan fingerprint density at radius 2 is 1.86 bits per heavy atom. The predicted molar refractivity (Wildman–Crippen MR) is 78.5 cm³/mol. The van der Waals surface area contributed by atoms with Gasteiger partial charge in [0.15, 0.2) is 9.84 Å². The minimum absolute atomic E-state index is 0.0208. The summed E-state index contributed by atoms with van der Waals surface area (Å²) in [4.78, 5) is 23.2. The zero-order valence-corrected chi connectivity index (χ0v) is 12.1. The molecule has 21 heavy (non-hydrogen) atoms.